The third-order valence-electron chi connectivity index (χ3n) is 6.01. The van der Waals surface area contributed by atoms with E-state index in [9.17, 15) is 22.8 Å². The minimum Gasteiger partial charge on any atom is -0.348 e. The second-order valence-electron chi connectivity index (χ2n) is 8.68. The van der Waals surface area contributed by atoms with Crippen LogP contribution in [0.1, 0.15) is 50.5 Å². The van der Waals surface area contributed by atoms with Crippen molar-refractivity contribution in [3.63, 3.8) is 0 Å². The van der Waals surface area contributed by atoms with Gasteiger partial charge in [-0.25, -0.2) is 9.97 Å². The monoisotopic (exact) mass is 482 g/mol. The molecule has 0 spiro atoms. The van der Waals surface area contributed by atoms with E-state index in [-0.39, 0.29) is 37.1 Å². The third-order valence-corrected chi connectivity index (χ3v) is 6.01. The van der Waals surface area contributed by atoms with Gasteiger partial charge in [0.05, 0.1) is 0 Å². The highest BCUT2D eigenvalue weighted by Crippen LogP contribution is 2.34. The first kappa shape index (κ1) is 24.4. The molecule has 1 unspecified atom stereocenters. The van der Waals surface area contributed by atoms with Crippen LogP contribution in [-0.2, 0) is 6.54 Å². The fourth-order valence-corrected chi connectivity index (χ4v) is 4.11. The Kier molecular flexibility index (Phi) is 6.86. The van der Waals surface area contributed by atoms with Crippen molar-refractivity contribution in [2.24, 2.45) is 0 Å². The molecular formula is C26H25F3N4O2. The zero-order chi connectivity index (χ0) is 25.2. The molecule has 3 aromatic rings. The van der Waals surface area contributed by atoms with Gasteiger partial charge in [-0.1, -0.05) is 29.8 Å². The van der Waals surface area contributed by atoms with Gasteiger partial charge in [0, 0.05) is 42.2 Å². The van der Waals surface area contributed by atoms with E-state index in [1.54, 1.807) is 31.5 Å². The zero-order valence-corrected chi connectivity index (χ0v) is 19.4. The van der Waals surface area contributed by atoms with Gasteiger partial charge in [0.1, 0.15) is 11.9 Å². The van der Waals surface area contributed by atoms with Crippen LogP contribution in [-0.4, -0.2) is 45.4 Å². The third kappa shape index (κ3) is 5.67. The number of aromatic nitrogens is 2. The number of alkyl halides is 3. The van der Waals surface area contributed by atoms with E-state index < -0.39 is 24.0 Å². The van der Waals surface area contributed by atoms with Gasteiger partial charge >= 0.3 is 6.18 Å². The number of carbonyl (C=O) groups is 2. The minimum atomic E-state index is -4.50. The van der Waals surface area contributed by atoms with E-state index in [2.05, 4.69) is 15.3 Å². The van der Waals surface area contributed by atoms with Gasteiger partial charge in [0.15, 0.2) is 0 Å². The quantitative estimate of drug-likeness (QED) is 0.564. The zero-order valence-electron chi connectivity index (χ0n) is 19.4. The lowest BCUT2D eigenvalue weighted by molar-refractivity contribution is -0.169. The molecule has 9 heteroatoms. The van der Waals surface area contributed by atoms with Crippen molar-refractivity contribution >= 4 is 11.8 Å². The highest BCUT2D eigenvalue weighted by Gasteiger charge is 2.47. The summed E-state index contributed by atoms with van der Waals surface area (Å²) in [6.45, 7) is 3.87. The van der Waals surface area contributed by atoms with Crippen LogP contribution < -0.4 is 5.32 Å². The van der Waals surface area contributed by atoms with Gasteiger partial charge in [-0.15, -0.1) is 0 Å². The predicted octanol–water partition coefficient (Wildman–Crippen LogP) is 4.86. The fraction of sp³-hybridized carbons (Fsp3) is 0.308. The normalized spacial score (nSPS) is 15.8. The summed E-state index contributed by atoms with van der Waals surface area (Å²) in [5, 5.41) is 2.77. The Hall–Kier alpha value is -3.75. The Bertz CT molecular complexity index is 1220. The number of rotatable bonds is 5. The summed E-state index contributed by atoms with van der Waals surface area (Å²) in [4.78, 5) is 35.2. The maximum absolute atomic E-state index is 13.5. The molecule has 1 saturated heterocycles. The number of nitrogens with one attached hydrogen (secondary N) is 1. The Morgan fingerprint density at radius 3 is 2.31 bits per heavy atom. The second-order valence-corrected chi connectivity index (χ2v) is 8.68. The van der Waals surface area contributed by atoms with Crippen molar-refractivity contribution < 1.29 is 22.8 Å². The summed E-state index contributed by atoms with van der Waals surface area (Å²) in [6.07, 6.45) is -1.15. The van der Waals surface area contributed by atoms with Crippen LogP contribution in [0, 0.1) is 13.8 Å². The smallest absolute Gasteiger partial charge is 0.348 e. The molecule has 2 amide bonds. The molecule has 0 saturated carbocycles. The van der Waals surface area contributed by atoms with Crippen molar-refractivity contribution in [1.29, 1.82) is 0 Å². The van der Waals surface area contributed by atoms with Crippen LogP contribution in [0.2, 0.25) is 0 Å². The summed E-state index contributed by atoms with van der Waals surface area (Å²) in [5.41, 5.74) is 3.28. The fourth-order valence-electron chi connectivity index (χ4n) is 4.11. The molecular weight excluding hydrogens is 457 g/mol. The lowest BCUT2D eigenvalue weighted by Gasteiger charge is -2.27. The van der Waals surface area contributed by atoms with Gasteiger partial charge in [0.2, 0.25) is 0 Å². The van der Waals surface area contributed by atoms with Crippen molar-refractivity contribution in [3.05, 3.63) is 82.9 Å². The Balaban J connectivity index is 1.66. The van der Waals surface area contributed by atoms with Gasteiger partial charge < -0.3 is 10.2 Å². The standard InChI is InChI=1S/C26H25F3N4O2/c1-16-5-7-19(8-6-16)20-10-21(24(34)32-15-18-13-30-17(2)31-14-18)12-22(11-20)25(35)33-9-3-4-23(33)26(27,28)29/h5-8,10-14,23H,3-4,9,15H2,1-2H3,(H,32,34). The Labute approximate surface area is 201 Å². The number of hydrogen-bond donors (Lipinski definition) is 1. The first-order chi connectivity index (χ1) is 16.6. The summed E-state index contributed by atoms with van der Waals surface area (Å²) in [6, 6.07) is 10.2. The highest BCUT2D eigenvalue weighted by molar-refractivity contribution is 6.01. The maximum Gasteiger partial charge on any atom is 0.408 e. The lowest BCUT2D eigenvalue weighted by atomic mass is 9.98. The van der Waals surface area contributed by atoms with Crippen molar-refractivity contribution in [3.8, 4) is 11.1 Å². The molecule has 1 atom stereocenters. The molecule has 6 nitrogen and oxygen atoms in total. The summed E-state index contributed by atoms with van der Waals surface area (Å²) in [5.74, 6) is -0.588. The molecule has 1 N–H and O–H groups in total. The average Bonchev–Trinajstić information content (AvgIpc) is 3.34. The number of hydrogen-bond acceptors (Lipinski definition) is 4. The highest BCUT2D eigenvalue weighted by atomic mass is 19.4. The van der Waals surface area contributed by atoms with Crippen molar-refractivity contribution in [1.82, 2.24) is 20.2 Å². The number of aryl methyl sites for hydroxylation is 2. The first-order valence-electron chi connectivity index (χ1n) is 11.3. The SMILES string of the molecule is Cc1ccc(-c2cc(C(=O)NCc3cnc(C)nc3)cc(C(=O)N3CCCC3C(F)(F)F)c2)cc1. The van der Waals surface area contributed by atoms with E-state index >= 15 is 0 Å². The summed E-state index contributed by atoms with van der Waals surface area (Å²) >= 11 is 0. The van der Waals surface area contributed by atoms with Crippen LogP contribution in [0.4, 0.5) is 13.2 Å². The molecule has 0 aliphatic carbocycles. The minimum absolute atomic E-state index is 0.0206. The molecule has 0 bridgehead atoms. The lowest BCUT2D eigenvalue weighted by Crippen LogP contribution is -2.44. The molecule has 0 radical (unpaired) electrons. The van der Waals surface area contributed by atoms with Gasteiger partial charge in [0.25, 0.3) is 11.8 Å². The predicted molar refractivity (Wildman–Crippen MR) is 125 cm³/mol. The van der Waals surface area contributed by atoms with Gasteiger partial charge in [-0.05, 0) is 56.0 Å². The molecule has 2 heterocycles. The molecule has 2 aromatic carbocycles. The van der Waals surface area contributed by atoms with E-state index in [1.165, 1.54) is 6.07 Å². The average molecular weight is 483 g/mol. The molecule has 1 aliphatic rings. The van der Waals surface area contributed by atoms with Crippen LogP contribution in [0.3, 0.4) is 0 Å². The van der Waals surface area contributed by atoms with E-state index in [1.807, 2.05) is 31.2 Å². The number of likely N-dealkylation sites (tertiary alicyclic amines) is 1. The topological polar surface area (TPSA) is 75.2 Å². The van der Waals surface area contributed by atoms with Crippen LogP contribution >= 0.6 is 0 Å². The van der Waals surface area contributed by atoms with Gasteiger partial charge in [-0.3, -0.25) is 9.59 Å². The molecule has 35 heavy (non-hydrogen) atoms. The van der Waals surface area contributed by atoms with Crippen molar-refractivity contribution in [2.75, 3.05) is 6.54 Å². The largest absolute Gasteiger partial charge is 0.408 e. The van der Waals surface area contributed by atoms with Crippen LogP contribution in [0.5, 0.6) is 0 Å². The number of carbonyl (C=O) groups excluding carboxylic acids is 2. The molecule has 1 aliphatic heterocycles. The van der Waals surface area contributed by atoms with E-state index in [0.29, 0.717) is 17.0 Å². The second kappa shape index (κ2) is 9.85. The number of amides is 2. The Morgan fingerprint density at radius 1 is 1.00 bits per heavy atom. The van der Waals surface area contributed by atoms with Gasteiger partial charge in [-0.2, -0.15) is 13.2 Å². The number of benzene rings is 2. The van der Waals surface area contributed by atoms with E-state index in [4.69, 9.17) is 0 Å². The summed E-state index contributed by atoms with van der Waals surface area (Å²) < 4.78 is 40.5. The van der Waals surface area contributed by atoms with E-state index in [0.717, 1.165) is 16.0 Å². The molecule has 182 valence electrons. The molecule has 4 rings (SSSR count). The Morgan fingerprint density at radius 2 is 1.66 bits per heavy atom. The summed E-state index contributed by atoms with van der Waals surface area (Å²) in [7, 11) is 0. The maximum atomic E-state index is 13.5. The molecule has 1 fully saturated rings. The van der Waals surface area contributed by atoms with Crippen LogP contribution in [0.15, 0.2) is 54.9 Å². The first-order valence-corrected chi connectivity index (χ1v) is 11.3. The number of halogens is 3. The molecule has 1 aromatic heterocycles. The van der Waals surface area contributed by atoms with Crippen LogP contribution in [0.25, 0.3) is 11.1 Å². The van der Waals surface area contributed by atoms with Crippen molar-refractivity contribution in [2.45, 2.75) is 45.5 Å². The number of nitrogens with zero attached hydrogens (tertiary/aromatic N) is 3.